The minimum absolute atomic E-state index is 0.0477. The second-order valence-electron chi connectivity index (χ2n) is 8.60. The number of benzene rings is 3. The smallest absolute Gasteiger partial charge is 0.362 e. The average Bonchev–Trinajstić information content (AvgIpc) is 3.17. The molecule has 1 saturated carbocycles. The fraction of sp³-hybridized carbons (Fsp3) is 0.192. The monoisotopic (exact) mass is 577 g/mol. The summed E-state index contributed by atoms with van der Waals surface area (Å²) >= 11 is 0. The van der Waals surface area contributed by atoms with Crippen LogP contribution in [-0.2, 0) is 8.58 Å². The molecular formula is C26H25Cl2N3O8. The summed E-state index contributed by atoms with van der Waals surface area (Å²) in [6.07, 6.45) is 2.19. The fourth-order valence-electron chi connectivity index (χ4n) is 4.60. The van der Waals surface area contributed by atoms with E-state index < -0.39 is 38.2 Å². The molecule has 1 fully saturated rings. The van der Waals surface area contributed by atoms with E-state index in [2.05, 4.69) is 10.3 Å². The quantitative estimate of drug-likeness (QED) is 0.221. The zero-order valence-electron chi connectivity index (χ0n) is 20.6. The van der Waals surface area contributed by atoms with Crippen LogP contribution in [0.15, 0.2) is 108 Å². The van der Waals surface area contributed by atoms with Gasteiger partial charge in [0, 0.05) is 37.3 Å². The van der Waals surface area contributed by atoms with Crippen LogP contribution >= 0.6 is 0 Å². The van der Waals surface area contributed by atoms with Crippen LogP contribution in [0.4, 0.5) is 17.1 Å². The number of nitrogens with zero attached hydrogens (tertiary/aromatic N) is 2. The van der Waals surface area contributed by atoms with Gasteiger partial charge in [-0.2, -0.15) is 28.0 Å². The second kappa shape index (κ2) is 11.6. The number of nitrogens with one attached hydrogen (secondary N) is 1. The molecule has 0 radical (unpaired) electrons. The predicted molar refractivity (Wildman–Crippen MR) is 124 cm³/mol. The third-order valence-electron chi connectivity index (χ3n) is 6.25. The normalized spacial score (nSPS) is 20.4. The number of para-hydroxylation sites is 3. The molecule has 1 unspecified atom stereocenters. The van der Waals surface area contributed by atoms with Gasteiger partial charge in [0.15, 0.2) is 5.54 Å². The lowest BCUT2D eigenvalue weighted by Crippen LogP contribution is -2.76. The summed E-state index contributed by atoms with van der Waals surface area (Å²) in [7, 11) is -9.07. The molecule has 1 aliphatic carbocycles. The van der Waals surface area contributed by atoms with E-state index >= 15 is 0 Å². The Morgan fingerprint density at radius 3 is 1.85 bits per heavy atom. The largest absolute Gasteiger partial charge is 0.498 e. The maximum absolute atomic E-state index is 12.0. The van der Waals surface area contributed by atoms with E-state index in [0.29, 0.717) is 22.6 Å². The Morgan fingerprint density at radius 2 is 1.31 bits per heavy atom. The van der Waals surface area contributed by atoms with Gasteiger partial charge >= 0.3 is 5.79 Å². The summed E-state index contributed by atoms with van der Waals surface area (Å²) in [4.78, 5) is 5.92. The van der Waals surface area contributed by atoms with Gasteiger partial charge in [0.2, 0.25) is 0 Å². The van der Waals surface area contributed by atoms with Crippen molar-refractivity contribution in [2.24, 2.45) is 4.99 Å². The van der Waals surface area contributed by atoms with E-state index in [1.807, 2.05) is 6.07 Å². The molecule has 1 aliphatic rings. The highest BCUT2D eigenvalue weighted by molar-refractivity contribution is 5.86. The molecule has 1 atom stereocenters. The van der Waals surface area contributed by atoms with Crippen molar-refractivity contribution < 1.29 is 57.0 Å². The lowest BCUT2D eigenvalue weighted by Gasteiger charge is -2.42. The van der Waals surface area contributed by atoms with Crippen LogP contribution in [0.2, 0.25) is 0 Å². The van der Waals surface area contributed by atoms with E-state index in [-0.39, 0.29) is 6.42 Å². The number of hydrogen-bond acceptors (Lipinski definition) is 11. The van der Waals surface area contributed by atoms with Crippen molar-refractivity contribution in [3.63, 3.8) is 0 Å². The van der Waals surface area contributed by atoms with Crippen LogP contribution in [0.1, 0.15) is 12.8 Å². The molecule has 206 valence electrons. The van der Waals surface area contributed by atoms with Crippen LogP contribution in [0.3, 0.4) is 0 Å². The maximum atomic E-state index is 12.0. The summed E-state index contributed by atoms with van der Waals surface area (Å²) in [6, 6.07) is 25.9. The van der Waals surface area contributed by atoms with E-state index in [1.165, 1.54) is 24.4 Å². The van der Waals surface area contributed by atoms with Crippen molar-refractivity contribution in [2.75, 3.05) is 17.3 Å². The molecule has 0 spiro atoms. The Hall–Kier alpha value is -3.07. The first-order valence-corrected chi connectivity index (χ1v) is 14.0. The zero-order chi connectivity index (χ0) is 28.2. The summed E-state index contributed by atoms with van der Waals surface area (Å²) in [5.74, 6) is -2.86. The van der Waals surface area contributed by atoms with Gasteiger partial charge in [-0.3, -0.25) is 4.99 Å². The Labute approximate surface area is 229 Å². The van der Waals surface area contributed by atoms with Gasteiger partial charge < -0.3 is 10.2 Å². The fourth-order valence-corrected chi connectivity index (χ4v) is 5.70. The first-order chi connectivity index (χ1) is 18.4. The van der Waals surface area contributed by atoms with Crippen molar-refractivity contribution >= 4 is 23.3 Å². The van der Waals surface area contributed by atoms with Gasteiger partial charge in [-0.05, 0) is 48.4 Å². The Kier molecular flexibility index (Phi) is 8.59. The first kappa shape index (κ1) is 28.9. The van der Waals surface area contributed by atoms with Crippen molar-refractivity contribution in [3.05, 3.63) is 103 Å². The van der Waals surface area contributed by atoms with Gasteiger partial charge in [0.25, 0.3) is 0 Å². The number of rotatable bonds is 10. The second-order valence-corrected chi connectivity index (χ2v) is 10.4. The number of hydrogen-bond donors (Lipinski definition) is 1. The summed E-state index contributed by atoms with van der Waals surface area (Å²) in [5, 5.41) is 3.09. The first-order valence-electron chi connectivity index (χ1n) is 11.6. The van der Waals surface area contributed by atoms with E-state index in [4.69, 9.17) is 8.58 Å². The lowest BCUT2D eigenvalue weighted by molar-refractivity contribution is -1.94. The van der Waals surface area contributed by atoms with E-state index in [9.17, 15) is 28.0 Å². The van der Waals surface area contributed by atoms with Crippen LogP contribution < -0.4 is 38.2 Å². The minimum atomic E-state index is -5.29. The van der Waals surface area contributed by atoms with E-state index in [0.717, 1.165) is 0 Å². The molecule has 4 rings (SSSR count). The highest BCUT2D eigenvalue weighted by Crippen LogP contribution is 2.52. The summed E-state index contributed by atoms with van der Waals surface area (Å²) < 4.78 is 81.8. The molecule has 0 heterocycles. The summed E-state index contributed by atoms with van der Waals surface area (Å²) in [5.41, 5.74) is -0.207. The van der Waals surface area contributed by atoms with Gasteiger partial charge in [-0.15, -0.1) is 0 Å². The van der Waals surface area contributed by atoms with Gasteiger partial charge in [-0.1, -0.05) is 54.6 Å². The molecular weight excluding hydrogens is 553 g/mol. The Morgan fingerprint density at radius 1 is 0.795 bits per heavy atom. The molecule has 3 aromatic rings. The Balaban J connectivity index is 1.99. The SMILES string of the molecule is CN(c1ccccc1)C1(C=Nc2ccccc2)C(=CNc2ccccc2)CCC1(O[Cl+3]([O-])([O-])[O-])O[Cl+3]([O-])([O-])[O-]. The molecule has 0 saturated heterocycles. The molecule has 39 heavy (non-hydrogen) atoms. The number of halogens is 2. The molecule has 0 aromatic heterocycles. The Bertz CT molecular complexity index is 1270. The molecule has 0 aliphatic heterocycles. The van der Waals surface area contributed by atoms with Crippen LogP contribution in [0, 0.1) is 20.5 Å². The molecule has 3 aromatic carbocycles. The maximum Gasteiger partial charge on any atom is 0.498 e. The van der Waals surface area contributed by atoms with Crippen molar-refractivity contribution in [3.8, 4) is 0 Å². The van der Waals surface area contributed by atoms with Gasteiger partial charge in [-0.25, -0.2) is 0 Å². The summed E-state index contributed by atoms with van der Waals surface area (Å²) in [6.45, 7) is 0. The van der Waals surface area contributed by atoms with Gasteiger partial charge in [0.05, 0.1) is 26.2 Å². The third-order valence-corrected chi connectivity index (χ3v) is 7.12. The molecule has 0 bridgehead atoms. The highest BCUT2D eigenvalue weighted by Gasteiger charge is 2.79. The molecule has 13 heteroatoms. The van der Waals surface area contributed by atoms with Crippen molar-refractivity contribution in [2.45, 2.75) is 24.2 Å². The molecule has 1 N–H and O–H groups in total. The van der Waals surface area contributed by atoms with Crippen LogP contribution in [0.25, 0.3) is 0 Å². The number of anilines is 2. The van der Waals surface area contributed by atoms with Crippen LogP contribution in [0.5, 0.6) is 0 Å². The number of aliphatic imine (C=N–C) groups is 1. The standard InChI is InChI=1S/C26H25Cl2N3O8/c1-31(24-15-9-4-10-16-24)25(20-30-23-13-7-3-8-14-23)21(19-29-22-11-5-2-6-12-22)17-18-26(25,38-27(32,33)34)39-28(35,36)37/h2-16,19-20,29H,17-18H2,1H3. The van der Waals surface area contributed by atoms with Crippen molar-refractivity contribution in [1.82, 2.24) is 0 Å². The third kappa shape index (κ3) is 6.75. The van der Waals surface area contributed by atoms with E-state index in [1.54, 1.807) is 84.9 Å². The molecule has 11 nitrogen and oxygen atoms in total. The topological polar surface area (TPSA) is 184 Å². The minimum Gasteiger partial charge on any atom is -0.362 e. The molecule has 0 amide bonds. The lowest BCUT2D eigenvalue weighted by atomic mass is 9.87. The predicted octanol–water partition coefficient (Wildman–Crippen LogP) is -1.42. The number of likely N-dealkylation sites (N-methyl/N-ethyl adjacent to an activating group) is 1. The van der Waals surface area contributed by atoms with Gasteiger partial charge in [0.1, 0.15) is 8.58 Å². The van der Waals surface area contributed by atoms with Crippen molar-refractivity contribution in [1.29, 1.82) is 0 Å². The highest BCUT2D eigenvalue weighted by atomic mass is 35.7. The zero-order valence-corrected chi connectivity index (χ0v) is 22.2. The average molecular weight is 578 g/mol. The van der Waals surface area contributed by atoms with Crippen LogP contribution in [-0.4, -0.2) is 24.6 Å².